The van der Waals surface area contributed by atoms with Crippen LogP contribution in [-0.2, 0) is 9.59 Å². The molecule has 5 nitrogen and oxygen atoms in total. The molecule has 0 aliphatic carbocycles. The molecule has 2 aromatic carbocycles. The van der Waals surface area contributed by atoms with Gasteiger partial charge in [0.05, 0.1) is 18.7 Å². The summed E-state index contributed by atoms with van der Waals surface area (Å²) >= 11 is 0. The van der Waals surface area contributed by atoms with Gasteiger partial charge in [-0.25, -0.2) is 4.39 Å². The van der Waals surface area contributed by atoms with Crippen molar-refractivity contribution in [2.45, 2.75) is 19.4 Å². The van der Waals surface area contributed by atoms with Crippen molar-refractivity contribution in [3.63, 3.8) is 0 Å². The fraction of sp³-hybridized carbons (Fsp3) is 0.200. The molecule has 1 aliphatic rings. The second-order valence-electron chi connectivity index (χ2n) is 5.84. The maximum Gasteiger partial charge on any atom is 0.294 e. The third-order valence-electron chi connectivity index (χ3n) is 4.38. The van der Waals surface area contributed by atoms with Gasteiger partial charge >= 0.3 is 0 Å². The smallest absolute Gasteiger partial charge is 0.294 e. The number of hydrogen-bond acceptors (Lipinski definition) is 4. The number of ether oxygens (including phenoxy) is 1. The van der Waals surface area contributed by atoms with Gasteiger partial charge in [0.15, 0.2) is 11.5 Å². The molecule has 1 unspecified atom stereocenters. The van der Waals surface area contributed by atoms with E-state index in [0.29, 0.717) is 11.4 Å². The van der Waals surface area contributed by atoms with E-state index in [1.165, 1.54) is 30.2 Å². The van der Waals surface area contributed by atoms with Gasteiger partial charge in [-0.1, -0.05) is 25.1 Å². The predicted molar refractivity (Wildman–Crippen MR) is 94.6 cm³/mol. The number of Topliss-reactive ketones (excluding diaryl/α,β-unsaturated/α-hetero) is 1. The van der Waals surface area contributed by atoms with Crippen LogP contribution in [0.2, 0.25) is 0 Å². The number of ketones is 1. The van der Waals surface area contributed by atoms with E-state index >= 15 is 0 Å². The van der Waals surface area contributed by atoms with Crippen molar-refractivity contribution in [1.82, 2.24) is 0 Å². The molecule has 0 aromatic heterocycles. The Morgan fingerprint density at radius 2 is 1.85 bits per heavy atom. The van der Waals surface area contributed by atoms with Crippen LogP contribution in [0.3, 0.4) is 0 Å². The molecule has 0 spiro atoms. The molecule has 0 radical (unpaired) electrons. The van der Waals surface area contributed by atoms with E-state index in [2.05, 4.69) is 0 Å². The summed E-state index contributed by atoms with van der Waals surface area (Å²) in [5.74, 6) is -1.74. The van der Waals surface area contributed by atoms with Crippen molar-refractivity contribution in [2.75, 3.05) is 12.0 Å². The minimum atomic E-state index is -1.02. The highest BCUT2D eigenvalue weighted by atomic mass is 19.1. The lowest BCUT2D eigenvalue weighted by molar-refractivity contribution is -0.118. The molecule has 2 aromatic rings. The van der Waals surface area contributed by atoms with Crippen molar-refractivity contribution in [2.24, 2.45) is 0 Å². The molecule has 0 saturated heterocycles. The van der Waals surface area contributed by atoms with Crippen LogP contribution in [0.25, 0.3) is 0 Å². The maximum atomic E-state index is 14.5. The van der Waals surface area contributed by atoms with E-state index < -0.39 is 29.3 Å². The summed E-state index contributed by atoms with van der Waals surface area (Å²) in [7, 11) is 1.52. The Kier molecular flexibility index (Phi) is 4.75. The first kappa shape index (κ1) is 17.7. The molecular formula is C20H18FNO4. The van der Waals surface area contributed by atoms with Crippen molar-refractivity contribution in [3.05, 3.63) is 71.2 Å². The van der Waals surface area contributed by atoms with Crippen molar-refractivity contribution in [1.29, 1.82) is 0 Å². The molecule has 6 heteroatoms. The van der Waals surface area contributed by atoms with E-state index in [4.69, 9.17) is 4.74 Å². The van der Waals surface area contributed by atoms with Gasteiger partial charge in [0.25, 0.3) is 5.91 Å². The molecule has 1 atom stereocenters. The zero-order chi connectivity index (χ0) is 18.8. The van der Waals surface area contributed by atoms with E-state index in [9.17, 15) is 19.1 Å². The van der Waals surface area contributed by atoms with E-state index in [-0.39, 0.29) is 17.6 Å². The molecule has 1 heterocycles. The zero-order valence-electron chi connectivity index (χ0n) is 14.4. The Balaban J connectivity index is 2.17. The molecule has 0 saturated carbocycles. The Bertz CT molecular complexity index is 889. The van der Waals surface area contributed by atoms with Crippen LogP contribution in [0.15, 0.2) is 59.9 Å². The molecule has 26 heavy (non-hydrogen) atoms. The number of anilines is 1. The van der Waals surface area contributed by atoms with Gasteiger partial charge in [-0.15, -0.1) is 0 Å². The summed E-state index contributed by atoms with van der Waals surface area (Å²) in [6.07, 6.45) is 0.0913. The SMILES string of the molecule is CCC(=O)C1=C(O)C(=O)N(c2ccc(OC)cc2)C1c1ccccc1F. The minimum absolute atomic E-state index is 0.0848. The number of aliphatic hydroxyl groups excluding tert-OH is 1. The number of amides is 1. The molecule has 1 N–H and O–H groups in total. The highest BCUT2D eigenvalue weighted by Gasteiger charge is 2.44. The molecule has 3 rings (SSSR count). The van der Waals surface area contributed by atoms with Gasteiger partial charge < -0.3 is 9.84 Å². The second kappa shape index (κ2) is 7.00. The Hall–Kier alpha value is -3.15. The van der Waals surface area contributed by atoms with Crippen LogP contribution in [0.5, 0.6) is 5.75 Å². The number of halogens is 1. The summed E-state index contributed by atoms with van der Waals surface area (Å²) in [6.45, 7) is 1.63. The number of nitrogens with zero attached hydrogens (tertiary/aromatic N) is 1. The fourth-order valence-corrected chi connectivity index (χ4v) is 3.08. The number of carbonyl (C=O) groups is 2. The normalized spacial score (nSPS) is 17.0. The molecule has 1 amide bonds. The van der Waals surface area contributed by atoms with Gasteiger partial charge in [-0.3, -0.25) is 14.5 Å². The average Bonchev–Trinajstić information content (AvgIpc) is 2.92. The largest absolute Gasteiger partial charge is 0.503 e. The molecule has 134 valence electrons. The van der Waals surface area contributed by atoms with Gasteiger partial charge in [-0.05, 0) is 30.3 Å². The lowest BCUT2D eigenvalue weighted by Crippen LogP contribution is -2.31. The average molecular weight is 355 g/mol. The lowest BCUT2D eigenvalue weighted by Gasteiger charge is -2.27. The summed E-state index contributed by atoms with van der Waals surface area (Å²) < 4.78 is 19.6. The third kappa shape index (κ3) is 2.83. The number of carbonyl (C=O) groups excluding carboxylic acids is 2. The molecule has 0 fully saturated rings. The maximum absolute atomic E-state index is 14.5. The number of aliphatic hydroxyl groups is 1. The summed E-state index contributed by atoms with van der Waals surface area (Å²) in [4.78, 5) is 26.3. The van der Waals surface area contributed by atoms with E-state index in [1.807, 2.05) is 0 Å². The predicted octanol–water partition coefficient (Wildman–Crippen LogP) is 3.71. The Labute approximate surface area is 150 Å². The first-order valence-corrected chi connectivity index (χ1v) is 8.18. The molecule has 0 bridgehead atoms. The monoisotopic (exact) mass is 355 g/mol. The molecule has 1 aliphatic heterocycles. The minimum Gasteiger partial charge on any atom is -0.503 e. The van der Waals surface area contributed by atoms with Crippen LogP contribution in [0.1, 0.15) is 24.9 Å². The number of methoxy groups -OCH3 is 1. The lowest BCUT2D eigenvalue weighted by atomic mass is 9.94. The van der Waals surface area contributed by atoms with Crippen LogP contribution < -0.4 is 9.64 Å². The molecular weight excluding hydrogens is 337 g/mol. The third-order valence-corrected chi connectivity index (χ3v) is 4.38. The second-order valence-corrected chi connectivity index (χ2v) is 5.84. The van der Waals surface area contributed by atoms with Crippen LogP contribution >= 0.6 is 0 Å². The van der Waals surface area contributed by atoms with Gasteiger partial charge in [0, 0.05) is 17.7 Å². The van der Waals surface area contributed by atoms with Crippen LogP contribution in [0, 0.1) is 5.82 Å². The quantitative estimate of drug-likeness (QED) is 0.888. The fourth-order valence-electron chi connectivity index (χ4n) is 3.08. The summed E-state index contributed by atoms with van der Waals surface area (Å²) in [6, 6.07) is 11.4. The summed E-state index contributed by atoms with van der Waals surface area (Å²) in [5, 5.41) is 10.3. The van der Waals surface area contributed by atoms with Gasteiger partial charge in [0.1, 0.15) is 11.6 Å². The number of rotatable bonds is 5. The van der Waals surface area contributed by atoms with Crippen molar-refractivity contribution in [3.8, 4) is 5.75 Å². The first-order chi connectivity index (χ1) is 12.5. The van der Waals surface area contributed by atoms with E-state index in [0.717, 1.165) is 0 Å². The Morgan fingerprint density at radius 3 is 2.42 bits per heavy atom. The summed E-state index contributed by atoms with van der Waals surface area (Å²) in [5.41, 5.74) is 0.491. The highest BCUT2D eigenvalue weighted by molar-refractivity contribution is 6.16. The van der Waals surface area contributed by atoms with Gasteiger partial charge in [0.2, 0.25) is 0 Å². The number of hydrogen-bond donors (Lipinski definition) is 1. The zero-order valence-corrected chi connectivity index (χ0v) is 14.4. The Morgan fingerprint density at radius 1 is 1.19 bits per heavy atom. The van der Waals surface area contributed by atoms with E-state index in [1.54, 1.807) is 37.3 Å². The van der Waals surface area contributed by atoms with Gasteiger partial charge in [-0.2, -0.15) is 0 Å². The highest BCUT2D eigenvalue weighted by Crippen LogP contribution is 2.42. The van der Waals surface area contributed by atoms with Crippen molar-refractivity contribution >= 4 is 17.4 Å². The topological polar surface area (TPSA) is 66.8 Å². The van der Waals surface area contributed by atoms with Crippen LogP contribution in [-0.4, -0.2) is 23.9 Å². The first-order valence-electron chi connectivity index (χ1n) is 8.18. The standard InChI is InChI=1S/C20H18FNO4/c1-3-16(23)17-18(14-6-4-5-7-15(14)21)22(20(25)19(17)24)12-8-10-13(26-2)11-9-12/h4-11,18,24H,3H2,1-2H3. The van der Waals surface area contributed by atoms with Crippen molar-refractivity contribution < 1.29 is 23.8 Å². The number of benzene rings is 2. The van der Waals surface area contributed by atoms with Crippen LogP contribution in [0.4, 0.5) is 10.1 Å².